The van der Waals surface area contributed by atoms with Gasteiger partial charge in [-0.1, -0.05) is 18.7 Å². The number of aryl methyl sites for hydroxylation is 1. The molecule has 0 unspecified atom stereocenters. The van der Waals surface area contributed by atoms with Crippen molar-refractivity contribution in [1.29, 1.82) is 0 Å². The van der Waals surface area contributed by atoms with Gasteiger partial charge in [-0.3, -0.25) is 9.59 Å². The van der Waals surface area contributed by atoms with Crippen molar-refractivity contribution >= 4 is 45.9 Å². The molecule has 0 aliphatic carbocycles. The Morgan fingerprint density at radius 1 is 1.32 bits per heavy atom. The lowest BCUT2D eigenvalue weighted by molar-refractivity contribution is -0.113. The molecule has 0 spiro atoms. The quantitative estimate of drug-likeness (QED) is 0.489. The summed E-state index contributed by atoms with van der Waals surface area (Å²) in [4.78, 5) is 36.7. The molecule has 0 bridgehead atoms. The number of thiophene rings is 1. The van der Waals surface area contributed by atoms with E-state index in [4.69, 9.17) is 10.5 Å². The Kier molecular flexibility index (Phi) is 7.19. The third-order valence-corrected chi connectivity index (χ3v) is 5.99. The van der Waals surface area contributed by atoms with Gasteiger partial charge in [-0.05, 0) is 26.3 Å². The van der Waals surface area contributed by atoms with E-state index in [1.54, 1.807) is 20.8 Å². The Balaban J connectivity index is 2.18. The van der Waals surface area contributed by atoms with Crippen LogP contribution in [0.15, 0.2) is 5.16 Å². The molecular weight excluding hydrogens is 402 g/mol. The Morgan fingerprint density at radius 2 is 2.00 bits per heavy atom. The molecule has 2 rings (SSSR count). The number of carbonyl (C=O) groups is 3. The Hall–Kier alpha value is -2.40. The second-order valence-electron chi connectivity index (χ2n) is 6.23. The summed E-state index contributed by atoms with van der Waals surface area (Å²) < 4.78 is 7.05. The summed E-state index contributed by atoms with van der Waals surface area (Å²) in [7, 11) is 1.83. The number of nitrogens with two attached hydrogens (primary N) is 1. The zero-order chi connectivity index (χ0) is 21.0. The molecule has 3 N–H and O–H groups in total. The molecule has 9 nitrogen and oxygen atoms in total. The number of thioether (sulfide) groups is 1. The second kappa shape index (κ2) is 9.20. The number of nitrogens with one attached hydrogen (secondary N) is 1. The van der Waals surface area contributed by atoms with Gasteiger partial charge in [0.1, 0.15) is 10.8 Å². The van der Waals surface area contributed by atoms with Gasteiger partial charge in [0.15, 0.2) is 5.16 Å². The molecule has 2 amide bonds. The average molecular weight is 426 g/mol. The zero-order valence-corrected chi connectivity index (χ0v) is 18.0. The lowest BCUT2D eigenvalue weighted by atomic mass is 10.1. The van der Waals surface area contributed by atoms with E-state index in [9.17, 15) is 14.4 Å². The van der Waals surface area contributed by atoms with Crippen molar-refractivity contribution in [3.8, 4) is 0 Å². The maximum absolute atomic E-state index is 12.4. The van der Waals surface area contributed by atoms with Gasteiger partial charge in [-0.2, -0.15) is 0 Å². The van der Waals surface area contributed by atoms with E-state index in [0.717, 1.165) is 23.6 Å². The largest absolute Gasteiger partial charge is 0.459 e. The number of aromatic nitrogens is 3. The number of rotatable bonds is 8. The molecule has 2 heterocycles. The van der Waals surface area contributed by atoms with E-state index in [-0.39, 0.29) is 33.2 Å². The minimum atomic E-state index is -0.665. The number of hydrogen-bond donors (Lipinski definition) is 2. The van der Waals surface area contributed by atoms with Crippen molar-refractivity contribution in [2.24, 2.45) is 12.8 Å². The first kappa shape index (κ1) is 21.9. The molecular formula is C17H23N5O4S2. The SMILES string of the molecule is CCc1nnc(SCC(=O)Nc2sc(C(N)=O)c(C)c2C(=O)OC(C)C)n1C. The highest BCUT2D eigenvalue weighted by molar-refractivity contribution is 7.99. The van der Waals surface area contributed by atoms with Crippen LogP contribution in [0.3, 0.4) is 0 Å². The highest BCUT2D eigenvalue weighted by Gasteiger charge is 2.26. The second-order valence-corrected chi connectivity index (χ2v) is 8.19. The van der Waals surface area contributed by atoms with Crippen molar-refractivity contribution < 1.29 is 19.1 Å². The van der Waals surface area contributed by atoms with Gasteiger partial charge in [0.05, 0.1) is 22.3 Å². The van der Waals surface area contributed by atoms with Crippen molar-refractivity contribution in [3.05, 3.63) is 21.8 Å². The minimum absolute atomic E-state index is 0.0667. The summed E-state index contributed by atoms with van der Waals surface area (Å²) in [5.74, 6) is -0.734. The predicted octanol–water partition coefficient (Wildman–Crippen LogP) is 2.14. The van der Waals surface area contributed by atoms with E-state index in [0.29, 0.717) is 10.7 Å². The Bertz CT molecular complexity index is 904. The number of ether oxygens (including phenoxy) is 1. The lowest BCUT2D eigenvalue weighted by Crippen LogP contribution is -2.18. The normalized spacial score (nSPS) is 10.9. The number of amides is 2. The maximum atomic E-state index is 12.4. The molecule has 0 atom stereocenters. The molecule has 0 aliphatic heterocycles. The van der Waals surface area contributed by atoms with Crippen molar-refractivity contribution in [3.63, 3.8) is 0 Å². The van der Waals surface area contributed by atoms with Crippen LogP contribution in [0.1, 0.15) is 52.2 Å². The summed E-state index contributed by atoms with van der Waals surface area (Å²) >= 11 is 2.19. The van der Waals surface area contributed by atoms with Crippen molar-refractivity contribution in [1.82, 2.24) is 14.8 Å². The van der Waals surface area contributed by atoms with Crippen LogP contribution in [0.2, 0.25) is 0 Å². The Morgan fingerprint density at radius 3 is 2.54 bits per heavy atom. The molecule has 0 aromatic carbocycles. The van der Waals surface area contributed by atoms with Gasteiger partial charge in [-0.15, -0.1) is 21.5 Å². The first-order chi connectivity index (χ1) is 13.1. The summed E-state index contributed by atoms with van der Waals surface area (Å²) in [6.45, 7) is 7.01. The first-order valence-corrected chi connectivity index (χ1v) is 10.4. The van der Waals surface area contributed by atoms with Crippen LogP contribution in [-0.2, 0) is 23.0 Å². The fourth-order valence-corrected chi connectivity index (χ4v) is 4.22. The monoisotopic (exact) mass is 425 g/mol. The molecule has 11 heteroatoms. The number of hydrogen-bond acceptors (Lipinski definition) is 8. The molecule has 0 saturated heterocycles. The molecule has 152 valence electrons. The highest BCUT2D eigenvalue weighted by Crippen LogP contribution is 2.34. The standard InChI is InChI=1S/C17H23N5O4S2/c1-6-10-20-21-17(22(10)5)27-7-11(23)19-15-12(16(25)26-8(2)3)9(4)13(28-15)14(18)24/h8H,6-7H2,1-5H3,(H2,18,24)(H,19,23). The number of esters is 1. The topological polar surface area (TPSA) is 129 Å². The average Bonchev–Trinajstić information content (AvgIpc) is 3.12. The summed E-state index contributed by atoms with van der Waals surface area (Å²) in [6, 6.07) is 0. The van der Waals surface area contributed by atoms with Gasteiger partial charge in [-0.25, -0.2) is 4.79 Å². The summed E-state index contributed by atoms with van der Waals surface area (Å²) in [5.41, 5.74) is 5.93. The predicted molar refractivity (Wildman–Crippen MR) is 108 cm³/mol. The molecule has 0 aliphatic rings. The number of nitrogens with zero attached hydrogens (tertiary/aromatic N) is 3. The molecule has 0 radical (unpaired) electrons. The molecule has 0 fully saturated rings. The van der Waals surface area contributed by atoms with Crippen LogP contribution < -0.4 is 11.1 Å². The Labute approximate surface area is 171 Å². The number of anilines is 1. The van der Waals surface area contributed by atoms with E-state index >= 15 is 0 Å². The van der Waals surface area contributed by atoms with Crippen LogP contribution in [0.25, 0.3) is 0 Å². The van der Waals surface area contributed by atoms with Crippen LogP contribution in [0, 0.1) is 6.92 Å². The zero-order valence-electron chi connectivity index (χ0n) is 16.4. The lowest BCUT2D eigenvalue weighted by Gasteiger charge is -2.10. The fourth-order valence-electron chi connectivity index (χ4n) is 2.43. The first-order valence-electron chi connectivity index (χ1n) is 8.60. The smallest absolute Gasteiger partial charge is 0.341 e. The van der Waals surface area contributed by atoms with E-state index in [2.05, 4.69) is 15.5 Å². The molecule has 2 aromatic rings. The fraction of sp³-hybridized carbons (Fsp3) is 0.471. The van der Waals surface area contributed by atoms with E-state index in [1.165, 1.54) is 11.8 Å². The van der Waals surface area contributed by atoms with Gasteiger partial charge < -0.3 is 20.4 Å². The van der Waals surface area contributed by atoms with Crippen LogP contribution in [-0.4, -0.2) is 44.4 Å². The van der Waals surface area contributed by atoms with E-state index in [1.807, 2.05) is 18.5 Å². The third-order valence-electron chi connectivity index (χ3n) is 3.74. The summed E-state index contributed by atoms with van der Waals surface area (Å²) in [5, 5.41) is 11.6. The summed E-state index contributed by atoms with van der Waals surface area (Å²) in [6.07, 6.45) is 0.397. The third kappa shape index (κ3) is 4.90. The number of primary amides is 1. The maximum Gasteiger partial charge on any atom is 0.341 e. The van der Waals surface area contributed by atoms with Gasteiger partial charge in [0.25, 0.3) is 5.91 Å². The van der Waals surface area contributed by atoms with Crippen LogP contribution in [0.4, 0.5) is 5.00 Å². The van der Waals surface area contributed by atoms with Crippen molar-refractivity contribution in [2.45, 2.75) is 45.4 Å². The van der Waals surface area contributed by atoms with Gasteiger partial charge in [0.2, 0.25) is 5.91 Å². The van der Waals surface area contributed by atoms with Gasteiger partial charge in [0, 0.05) is 13.5 Å². The van der Waals surface area contributed by atoms with Crippen molar-refractivity contribution in [2.75, 3.05) is 11.1 Å². The molecule has 0 saturated carbocycles. The number of carbonyl (C=O) groups excluding carboxylic acids is 3. The molecule has 28 heavy (non-hydrogen) atoms. The van der Waals surface area contributed by atoms with Gasteiger partial charge >= 0.3 is 5.97 Å². The van der Waals surface area contributed by atoms with Crippen LogP contribution in [0.5, 0.6) is 0 Å². The molecule has 2 aromatic heterocycles. The minimum Gasteiger partial charge on any atom is -0.459 e. The van der Waals surface area contributed by atoms with E-state index < -0.39 is 11.9 Å². The highest BCUT2D eigenvalue weighted by atomic mass is 32.2. The van der Waals surface area contributed by atoms with Crippen LogP contribution >= 0.6 is 23.1 Å².